The summed E-state index contributed by atoms with van der Waals surface area (Å²) in [7, 11) is 0. The fourth-order valence-corrected chi connectivity index (χ4v) is 1.89. The van der Waals surface area contributed by atoms with Gasteiger partial charge in [-0.1, -0.05) is 18.6 Å². The molecule has 2 rings (SSSR count). The molecule has 0 saturated heterocycles. The second-order valence-electron chi connectivity index (χ2n) is 4.54. The van der Waals surface area contributed by atoms with Gasteiger partial charge in [0, 0.05) is 18.8 Å². The third-order valence-electron chi connectivity index (χ3n) is 2.98. The Bertz CT molecular complexity index is 399. The molecule has 0 spiro atoms. The van der Waals surface area contributed by atoms with Crippen LogP contribution in [-0.4, -0.2) is 0 Å². The predicted molar refractivity (Wildman–Crippen MR) is 63.2 cm³/mol. The zero-order valence-electron chi connectivity index (χ0n) is 9.79. The normalized spacial score (nSPS) is 25.3. The number of allylic oxidation sites excluding steroid dienone is 8. The molecule has 86 valence electrons. The van der Waals surface area contributed by atoms with E-state index in [4.69, 9.17) is 4.74 Å². The second kappa shape index (κ2) is 4.69. The molecule has 0 aromatic carbocycles. The lowest BCUT2D eigenvalue weighted by Gasteiger charge is -2.21. The highest BCUT2D eigenvalue weighted by atomic mass is 19.1. The first-order valence-electron chi connectivity index (χ1n) is 5.75. The van der Waals surface area contributed by atoms with Crippen molar-refractivity contribution in [3.63, 3.8) is 0 Å². The van der Waals surface area contributed by atoms with Crippen LogP contribution in [0.25, 0.3) is 0 Å². The number of hydrogen-bond acceptors (Lipinski definition) is 1. The van der Waals surface area contributed by atoms with Crippen molar-refractivity contribution >= 4 is 0 Å². The van der Waals surface area contributed by atoms with E-state index in [1.807, 2.05) is 13.0 Å². The monoisotopic (exact) mass is 220 g/mol. The van der Waals surface area contributed by atoms with Crippen molar-refractivity contribution in [2.45, 2.75) is 33.1 Å². The molecule has 1 nitrogen and oxygen atoms in total. The summed E-state index contributed by atoms with van der Waals surface area (Å²) < 4.78 is 18.8. The van der Waals surface area contributed by atoms with E-state index in [0.29, 0.717) is 6.42 Å². The fraction of sp³-hybridized carbons (Fsp3) is 0.429. The van der Waals surface area contributed by atoms with Crippen LogP contribution in [0.3, 0.4) is 0 Å². The molecule has 0 aromatic rings. The first-order chi connectivity index (χ1) is 7.65. The lowest BCUT2D eigenvalue weighted by atomic mass is 9.99. The van der Waals surface area contributed by atoms with Crippen LogP contribution >= 0.6 is 0 Å². The predicted octanol–water partition coefficient (Wildman–Crippen LogP) is 4.40. The van der Waals surface area contributed by atoms with Gasteiger partial charge in [-0.15, -0.1) is 0 Å². The Labute approximate surface area is 96.0 Å². The first-order valence-corrected chi connectivity index (χ1v) is 5.75. The average Bonchev–Trinajstić information content (AvgIpc) is 2.25. The van der Waals surface area contributed by atoms with E-state index >= 15 is 0 Å². The van der Waals surface area contributed by atoms with Crippen LogP contribution in [-0.2, 0) is 4.74 Å². The van der Waals surface area contributed by atoms with E-state index in [9.17, 15) is 4.39 Å². The van der Waals surface area contributed by atoms with E-state index in [0.717, 1.165) is 24.4 Å². The Morgan fingerprint density at radius 2 is 2.00 bits per heavy atom. The van der Waals surface area contributed by atoms with Crippen LogP contribution in [0.5, 0.6) is 0 Å². The molecule has 0 amide bonds. The minimum absolute atomic E-state index is 0.0618. The summed E-state index contributed by atoms with van der Waals surface area (Å²) in [6.45, 7) is 4.11. The van der Waals surface area contributed by atoms with Crippen molar-refractivity contribution in [3.05, 3.63) is 47.2 Å². The van der Waals surface area contributed by atoms with Crippen molar-refractivity contribution in [2.75, 3.05) is 0 Å². The molecular formula is C14H17FO. The van der Waals surface area contributed by atoms with Gasteiger partial charge in [0.15, 0.2) is 0 Å². The van der Waals surface area contributed by atoms with Gasteiger partial charge in [0.2, 0.25) is 0 Å². The van der Waals surface area contributed by atoms with Gasteiger partial charge in [0.25, 0.3) is 0 Å². The molecule has 2 heteroatoms. The Kier molecular flexibility index (Phi) is 3.28. The third-order valence-corrected chi connectivity index (χ3v) is 2.98. The molecule has 0 aromatic heterocycles. The molecule has 0 heterocycles. The van der Waals surface area contributed by atoms with Gasteiger partial charge in [-0.25, -0.2) is 4.39 Å². The van der Waals surface area contributed by atoms with Gasteiger partial charge >= 0.3 is 0 Å². The van der Waals surface area contributed by atoms with Crippen LogP contribution in [0.4, 0.5) is 4.39 Å². The molecule has 2 aliphatic rings. The number of hydrogen-bond donors (Lipinski definition) is 0. The SMILES string of the molecule is CC1=CC=C(OC2=CC=C(F)CC2C)CC1. The number of rotatable bonds is 2. The number of halogens is 1. The summed E-state index contributed by atoms with van der Waals surface area (Å²) in [6, 6.07) is 0. The molecule has 2 aliphatic carbocycles. The maximum absolute atomic E-state index is 13.0. The topological polar surface area (TPSA) is 9.23 Å². The first kappa shape index (κ1) is 11.2. The Morgan fingerprint density at radius 3 is 2.62 bits per heavy atom. The lowest BCUT2D eigenvalue weighted by molar-refractivity contribution is 0.240. The Balaban J connectivity index is 2.05. The third kappa shape index (κ3) is 2.63. The van der Waals surface area contributed by atoms with Crippen LogP contribution < -0.4 is 0 Å². The highest BCUT2D eigenvalue weighted by Crippen LogP contribution is 2.30. The van der Waals surface area contributed by atoms with E-state index in [-0.39, 0.29) is 11.7 Å². The van der Waals surface area contributed by atoms with E-state index < -0.39 is 0 Å². The van der Waals surface area contributed by atoms with Crippen LogP contribution in [0, 0.1) is 5.92 Å². The van der Waals surface area contributed by atoms with E-state index in [1.54, 1.807) is 6.08 Å². The van der Waals surface area contributed by atoms with Gasteiger partial charge in [-0.05, 0) is 31.6 Å². The molecule has 0 fully saturated rings. The number of ether oxygens (including phenoxy) is 1. The van der Waals surface area contributed by atoms with Gasteiger partial charge in [0.1, 0.15) is 17.3 Å². The lowest BCUT2D eigenvalue weighted by Crippen LogP contribution is -2.08. The molecule has 1 unspecified atom stereocenters. The van der Waals surface area contributed by atoms with Crippen LogP contribution in [0.2, 0.25) is 0 Å². The maximum atomic E-state index is 13.0. The van der Waals surface area contributed by atoms with Crippen LogP contribution in [0.1, 0.15) is 33.1 Å². The molecule has 0 aliphatic heterocycles. The van der Waals surface area contributed by atoms with Crippen molar-refractivity contribution in [1.82, 2.24) is 0 Å². The van der Waals surface area contributed by atoms with Gasteiger partial charge in [-0.3, -0.25) is 0 Å². The fourth-order valence-electron chi connectivity index (χ4n) is 1.89. The van der Waals surface area contributed by atoms with E-state index in [2.05, 4.69) is 13.0 Å². The molecule has 0 radical (unpaired) electrons. The molecule has 0 saturated carbocycles. The van der Waals surface area contributed by atoms with Crippen molar-refractivity contribution in [2.24, 2.45) is 5.92 Å². The largest absolute Gasteiger partial charge is 0.466 e. The maximum Gasteiger partial charge on any atom is 0.107 e. The molecule has 1 atom stereocenters. The minimum atomic E-state index is -0.0618. The summed E-state index contributed by atoms with van der Waals surface area (Å²) in [5, 5.41) is 0. The Hall–Kier alpha value is -1.31. The van der Waals surface area contributed by atoms with Crippen molar-refractivity contribution in [1.29, 1.82) is 0 Å². The van der Waals surface area contributed by atoms with Gasteiger partial charge in [0.05, 0.1) is 0 Å². The van der Waals surface area contributed by atoms with E-state index in [1.165, 1.54) is 11.6 Å². The molecule has 0 bridgehead atoms. The quantitative estimate of drug-likeness (QED) is 0.670. The molecule has 16 heavy (non-hydrogen) atoms. The second-order valence-corrected chi connectivity index (χ2v) is 4.54. The van der Waals surface area contributed by atoms with Crippen LogP contribution in [0.15, 0.2) is 47.2 Å². The smallest absolute Gasteiger partial charge is 0.107 e. The zero-order valence-corrected chi connectivity index (χ0v) is 9.79. The molecular weight excluding hydrogens is 203 g/mol. The van der Waals surface area contributed by atoms with Gasteiger partial charge < -0.3 is 4.74 Å². The highest BCUT2D eigenvalue weighted by molar-refractivity contribution is 5.24. The van der Waals surface area contributed by atoms with Gasteiger partial charge in [-0.2, -0.15) is 0 Å². The molecule has 0 N–H and O–H groups in total. The highest BCUT2D eigenvalue weighted by Gasteiger charge is 2.18. The van der Waals surface area contributed by atoms with Crippen molar-refractivity contribution < 1.29 is 9.13 Å². The zero-order chi connectivity index (χ0) is 11.5. The summed E-state index contributed by atoms with van der Waals surface area (Å²) >= 11 is 0. The van der Waals surface area contributed by atoms with Crippen molar-refractivity contribution in [3.8, 4) is 0 Å². The standard InChI is InChI=1S/C14H17FO/c1-10-3-6-13(7-4-10)16-14-8-5-12(15)9-11(14)2/h3,5-6,8,11H,4,7,9H2,1-2H3. The summed E-state index contributed by atoms with van der Waals surface area (Å²) in [6.07, 6.45) is 9.80. The Morgan fingerprint density at radius 1 is 1.19 bits per heavy atom. The summed E-state index contributed by atoms with van der Waals surface area (Å²) in [5.41, 5.74) is 1.38. The minimum Gasteiger partial charge on any atom is -0.466 e. The summed E-state index contributed by atoms with van der Waals surface area (Å²) in [5.74, 6) is 1.94. The average molecular weight is 220 g/mol. The summed E-state index contributed by atoms with van der Waals surface area (Å²) in [4.78, 5) is 0.